The van der Waals surface area contributed by atoms with Gasteiger partial charge in [-0.2, -0.15) is 8.78 Å². The van der Waals surface area contributed by atoms with E-state index in [1.54, 1.807) is 0 Å². The van der Waals surface area contributed by atoms with Gasteiger partial charge in [0.15, 0.2) is 6.67 Å². The van der Waals surface area contributed by atoms with Crippen molar-refractivity contribution in [1.82, 2.24) is 0 Å². The normalized spacial score (nSPS) is 11.7. The van der Waals surface area contributed by atoms with Crippen molar-refractivity contribution < 1.29 is 17.6 Å². The molecule has 0 atom stereocenters. The van der Waals surface area contributed by atoms with E-state index >= 15 is 0 Å². The molecule has 0 fully saturated rings. The predicted octanol–water partition coefficient (Wildman–Crippen LogP) is 2.47. The summed E-state index contributed by atoms with van der Waals surface area (Å²) in [6, 6.07) is 2.62. The van der Waals surface area contributed by atoms with E-state index in [9.17, 15) is 17.6 Å². The fraction of sp³-hybridized carbons (Fsp3) is 0.250. The maximum absolute atomic E-state index is 12.8. The third-order valence-corrected chi connectivity index (χ3v) is 1.56. The molecule has 0 bridgehead atoms. The van der Waals surface area contributed by atoms with E-state index < -0.39 is 24.0 Å². The molecule has 13 heavy (non-hydrogen) atoms. The van der Waals surface area contributed by atoms with E-state index in [-0.39, 0.29) is 5.69 Å². The Kier molecular flexibility index (Phi) is 2.45. The van der Waals surface area contributed by atoms with Crippen molar-refractivity contribution in [1.29, 1.82) is 0 Å². The molecule has 1 aromatic carbocycles. The molecule has 0 spiro atoms. The molecule has 0 heterocycles. The maximum atomic E-state index is 12.8. The number of alkyl halides is 3. The highest BCUT2D eigenvalue weighted by atomic mass is 19.3. The molecule has 0 aliphatic carbocycles. The van der Waals surface area contributed by atoms with Gasteiger partial charge in [0.05, 0.1) is 5.56 Å². The summed E-state index contributed by atoms with van der Waals surface area (Å²) in [5.41, 5.74) is 4.19. The van der Waals surface area contributed by atoms with Crippen molar-refractivity contribution in [2.75, 3.05) is 12.4 Å². The Morgan fingerprint density at radius 1 is 1.31 bits per heavy atom. The number of rotatable bonds is 2. The van der Waals surface area contributed by atoms with Crippen molar-refractivity contribution >= 4 is 5.69 Å². The predicted molar refractivity (Wildman–Crippen MR) is 40.7 cm³/mol. The number of nitrogen functional groups attached to an aromatic ring is 1. The highest BCUT2D eigenvalue weighted by molar-refractivity contribution is 5.41. The molecule has 1 aromatic rings. The quantitative estimate of drug-likeness (QED) is 0.566. The number of benzene rings is 1. The Labute approximate surface area is 72.2 Å². The van der Waals surface area contributed by atoms with Gasteiger partial charge in [-0.25, -0.2) is 8.78 Å². The lowest BCUT2D eigenvalue weighted by Gasteiger charge is -2.13. The van der Waals surface area contributed by atoms with Gasteiger partial charge in [0.2, 0.25) is 0 Å². The Morgan fingerprint density at radius 3 is 2.38 bits per heavy atom. The lowest BCUT2D eigenvalue weighted by molar-refractivity contribution is -0.0311. The lowest BCUT2D eigenvalue weighted by atomic mass is 10.1. The molecule has 5 heteroatoms. The van der Waals surface area contributed by atoms with Crippen LogP contribution in [0.25, 0.3) is 0 Å². The molecule has 2 N–H and O–H groups in total. The van der Waals surface area contributed by atoms with Crippen LogP contribution < -0.4 is 5.73 Å². The minimum Gasteiger partial charge on any atom is -0.399 e. The molecular formula is C8H7F4N. The maximum Gasteiger partial charge on any atom is 0.303 e. The number of anilines is 1. The van der Waals surface area contributed by atoms with Crippen LogP contribution in [0.1, 0.15) is 5.56 Å². The van der Waals surface area contributed by atoms with Crippen molar-refractivity contribution in [2.45, 2.75) is 5.92 Å². The van der Waals surface area contributed by atoms with Gasteiger partial charge in [0.1, 0.15) is 5.82 Å². The molecule has 72 valence electrons. The molecule has 0 aliphatic heterocycles. The van der Waals surface area contributed by atoms with Crippen LogP contribution in [0.5, 0.6) is 0 Å². The first-order valence-electron chi connectivity index (χ1n) is 3.46. The van der Waals surface area contributed by atoms with Crippen molar-refractivity contribution in [3.05, 3.63) is 29.6 Å². The lowest BCUT2D eigenvalue weighted by Crippen LogP contribution is -2.17. The number of hydrogen-bond acceptors (Lipinski definition) is 1. The Morgan fingerprint density at radius 2 is 1.92 bits per heavy atom. The summed E-state index contributed by atoms with van der Waals surface area (Å²) in [6.45, 7) is -1.92. The van der Waals surface area contributed by atoms with Crippen LogP contribution in [0.3, 0.4) is 0 Å². The average molecular weight is 193 g/mol. The van der Waals surface area contributed by atoms with Gasteiger partial charge in [0.25, 0.3) is 0 Å². The zero-order valence-electron chi connectivity index (χ0n) is 6.53. The van der Waals surface area contributed by atoms with Gasteiger partial charge < -0.3 is 5.73 Å². The average Bonchev–Trinajstić information content (AvgIpc) is 2.03. The fourth-order valence-electron chi connectivity index (χ4n) is 0.900. The van der Waals surface area contributed by atoms with E-state index in [1.165, 1.54) is 0 Å². The first-order chi connectivity index (χ1) is 5.97. The number of halogens is 4. The molecule has 0 aromatic heterocycles. The number of hydrogen-bond donors (Lipinski definition) is 1. The zero-order valence-corrected chi connectivity index (χ0v) is 6.53. The second kappa shape index (κ2) is 3.24. The molecule has 1 rings (SSSR count). The van der Waals surface area contributed by atoms with Crippen LogP contribution in [0.15, 0.2) is 18.2 Å². The summed E-state index contributed by atoms with van der Waals surface area (Å²) in [5.74, 6) is -4.97. The minimum atomic E-state index is -3.78. The first-order valence-corrected chi connectivity index (χ1v) is 3.46. The van der Waals surface area contributed by atoms with E-state index in [0.717, 1.165) is 18.2 Å². The van der Waals surface area contributed by atoms with E-state index in [0.29, 0.717) is 0 Å². The van der Waals surface area contributed by atoms with Crippen LogP contribution in [-0.4, -0.2) is 6.67 Å². The van der Waals surface area contributed by atoms with Crippen LogP contribution in [0.4, 0.5) is 23.2 Å². The summed E-state index contributed by atoms with van der Waals surface area (Å²) in [5, 5.41) is 0. The molecule has 0 aliphatic rings. The van der Waals surface area contributed by atoms with Crippen molar-refractivity contribution in [3.8, 4) is 0 Å². The summed E-state index contributed by atoms with van der Waals surface area (Å²) in [4.78, 5) is 0. The van der Waals surface area contributed by atoms with Crippen LogP contribution in [0.2, 0.25) is 0 Å². The molecular weight excluding hydrogens is 186 g/mol. The van der Waals surface area contributed by atoms with Crippen molar-refractivity contribution in [2.24, 2.45) is 0 Å². The Bertz CT molecular complexity index is 311. The number of nitrogens with two attached hydrogens (primary N) is 1. The zero-order chi connectivity index (χ0) is 10.1. The highest BCUT2D eigenvalue weighted by Gasteiger charge is 2.34. The smallest absolute Gasteiger partial charge is 0.303 e. The largest absolute Gasteiger partial charge is 0.399 e. The first kappa shape index (κ1) is 9.83. The summed E-state index contributed by atoms with van der Waals surface area (Å²) in [7, 11) is 0. The summed E-state index contributed by atoms with van der Waals surface area (Å²) >= 11 is 0. The van der Waals surface area contributed by atoms with Crippen LogP contribution in [-0.2, 0) is 5.92 Å². The fourth-order valence-corrected chi connectivity index (χ4v) is 0.900. The van der Waals surface area contributed by atoms with Gasteiger partial charge in [-0.1, -0.05) is 0 Å². The van der Waals surface area contributed by atoms with Gasteiger partial charge in [-0.15, -0.1) is 0 Å². The second-order valence-electron chi connectivity index (χ2n) is 2.58. The Hall–Kier alpha value is -1.26. The van der Waals surface area contributed by atoms with Crippen LogP contribution >= 0.6 is 0 Å². The van der Waals surface area contributed by atoms with E-state index in [2.05, 4.69) is 0 Å². The van der Waals surface area contributed by atoms with Gasteiger partial charge >= 0.3 is 5.92 Å². The third kappa shape index (κ3) is 1.91. The summed E-state index contributed by atoms with van der Waals surface area (Å²) < 4.78 is 49.8. The van der Waals surface area contributed by atoms with E-state index in [4.69, 9.17) is 5.73 Å². The third-order valence-electron chi connectivity index (χ3n) is 1.56. The van der Waals surface area contributed by atoms with Gasteiger partial charge in [-0.3, -0.25) is 0 Å². The molecule has 0 saturated carbocycles. The summed E-state index contributed by atoms with van der Waals surface area (Å²) in [6.07, 6.45) is 0. The standard InChI is InChI=1S/C8H7F4N/c9-4-8(11,12)6-2-1-5(13)3-7(6)10/h1-3H,4,13H2. The molecule has 1 nitrogen and oxygen atoms in total. The van der Waals surface area contributed by atoms with Crippen molar-refractivity contribution in [3.63, 3.8) is 0 Å². The molecule has 0 amide bonds. The Balaban J connectivity index is 3.16. The second-order valence-corrected chi connectivity index (χ2v) is 2.58. The molecule has 0 unspecified atom stereocenters. The van der Waals surface area contributed by atoms with Crippen LogP contribution in [0, 0.1) is 5.82 Å². The minimum absolute atomic E-state index is 0.0240. The topological polar surface area (TPSA) is 26.0 Å². The molecule has 0 saturated heterocycles. The molecule has 0 radical (unpaired) electrons. The highest BCUT2D eigenvalue weighted by Crippen LogP contribution is 2.31. The van der Waals surface area contributed by atoms with Gasteiger partial charge in [-0.05, 0) is 18.2 Å². The monoisotopic (exact) mass is 193 g/mol. The van der Waals surface area contributed by atoms with Gasteiger partial charge in [0, 0.05) is 5.69 Å². The van der Waals surface area contributed by atoms with E-state index in [1.807, 2.05) is 0 Å². The SMILES string of the molecule is Nc1ccc(C(F)(F)CF)c(F)c1.